The number of carbonyl (C=O) groups is 2. The zero-order valence-corrected chi connectivity index (χ0v) is 20.3. The van der Waals surface area contributed by atoms with Crippen LogP contribution in [0.5, 0.6) is 11.5 Å². The van der Waals surface area contributed by atoms with Gasteiger partial charge in [-0.1, -0.05) is 43.5 Å². The first kappa shape index (κ1) is 25.5. The summed E-state index contributed by atoms with van der Waals surface area (Å²) in [5.74, 6) is 0.426. The maximum Gasteiger partial charge on any atom is 0.242 e. The lowest BCUT2D eigenvalue weighted by molar-refractivity contribution is -0.141. The van der Waals surface area contributed by atoms with Crippen molar-refractivity contribution in [2.45, 2.75) is 70.5 Å². The van der Waals surface area contributed by atoms with Crippen molar-refractivity contribution in [3.63, 3.8) is 0 Å². The van der Waals surface area contributed by atoms with Crippen molar-refractivity contribution in [3.05, 3.63) is 59.4 Å². The second-order valence-electron chi connectivity index (χ2n) is 8.82. The van der Waals surface area contributed by atoms with Crippen molar-refractivity contribution < 1.29 is 23.5 Å². The van der Waals surface area contributed by atoms with E-state index in [9.17, 15) is 14.0 Å². The highest BCUT2D eigenvalue weighted by Crippen LogP contribution is 2.28. The van der Waals surface area contributed by atoms with Crippen LogP contribution in [0.1, 0.15) is 56.6 Å². The fraction of sp³-hybridized carbons (Fsp3) is 0.481. The van der Waals surface area contributed by atoms with Gasteiger partial charge < -0.3 is 19.7 Å². The molecule has 0 bridgehead atoms. The van der Waals surface area contributed by atoms with E-state index in [-0.39, 0.29) is 36.6 Å². The molecule has 3 rings (SSSR count). The molecule has 0 saturated heterocycles. The molecule has 34 heavy (non-hydrogen) atoms. The Hall–Kier alpha value is -3.09. The summed E-state index contributed by atoms with van der Waals surface area (Å²) in [7, 11) is 3.14. The second kappa shape index (κ2) is 12.4. The average molecular weight is 471 g/mol. The van der Waals surface area contributed by atoms with Crippen LogP contribution in [0, 0.1) is 5.82 Å². The van der Waals surface area contributed by atoms with E-state index in [2.05, 4.69) is 5.32 Å². The fourth-order valence-electron chi connectivity index (χ4n) is 4.39. The van der Waals surface area contributed by atoms with E-state index in [0.29, 0.717) is 23.5 Å². The van der Waals surface area contributed by atoms with Gasteiger partial charge in [-0.2, -0.15) is 0 Å². The molecule has 1 atom stereocenters. The van der Waals surface area contributed by atoms with Gasteiger partial charge >= 0.3 is 0 Å². The summed E-state index contributed by atoms with van der Waals surface area (Å²) >= 11 is 0. The zero-order valence-electron chi connectivity index (χ0n) is 20.3. The molecule has 184 valence electrons. The molecule has 1 fully saturated rings. The molecule has 1 aliphatic rings. The molecule has 1 N–H and O–H groups in total. The third-order valence-corrected chi connectivity index (χ3v) is 6.49. The van der Waals surface area contributed by atoms with Crippen LogP contribution in [-0.2, 0) is 22.6 Å². The number of benzene rings is 2. The number of aryl methyl sites for hydroxylation is 1. The number of nitrogens with zero attached hydrogens (tertiary/aromatic N) is 1. The first-order chi connectivity index (χ1) is 16.4. The van der Waals surface area contributed by atoms with E-state index < -0.39 is 6.04 Å². The van der Waals surface area contributed by atoms with Gasteiger partial charge in [-0.25, -0.2) is 4.39 Å². The quantitative estimate of drug-likeness (QED) is 0.549. The number of nitrogens with one attached hydrogen (secondary N) is 1. The van der Waals surface area contributed by atoms with E-state index in [1.54, 1.807) is 45.4 Å². The molecule has 2 aromatic rings. The molecule has 1 saturated carbocycles. The average Bonchev–Trinajstić information content (AvgIpc) is 2.86. The lowest BCUT2D eigenvalue weighted by Crippen LogP contribution is -2.50. The molecule has 0 aromatic heterocycles. The molecular weight excluding hydrogens is 435 g/mol. The van der Waals surface area contributed by atoms with Crippen LogP contribution in [0.15, 0.2) is 42.5 Å². The Labute approximate surface area is 201 Å². The maximum atomic E-state index is 14.4. The third kappa shape index (κ3) is 6.72. The Morgan fingerprint density at radius 1 is 1.06 bits per heavy atom. The Morgan fingerprint density at radius 3 is 2.44 bits per heavy atom. The molecule has 6 nitrogen and oxygen atoms in total. The number of carbonyl (C=O) groups excluding carboxylic acids is 2. The van der Waals surface area contributed by atoms with Gasteiger partial charge in [0.05, 0.1) is 14.2 Å². The van der Waals surface area contributed by atoms with E-state index in [4.69, 9.17) is 9.47 Å². The molecule has 1 unspecified atom stereocenters. The molecule has 2 aromatic carbocycles. The molecule has 2 amide bonds. The molecule has 7 heteroatoms. The van der Waals surface area contributed by atoms with Crippen LogP contribution in [0.2, 0.25) is 0 Å². The Balaban J connectivity index is 1.73. The van der Waals surface area contributed by atoms with Gasteiger partial charge in [-0.05, 0) is 49.9 Å². The van der Waals surface area contributed by atoms with Crippen molar-refractivity contribution in [1.82, 2.24) is 10.2 Å². The SMILES string of the molecule is COc1ccc(CCC(=O)N(Cc2ccccc2F)C(C)C(=O)NC2CCCCC2)cc1OC. The zero-order chi connectivity index (χ0) is 24.5. The minimum atomic E-state index is -0.709. The highest BCUT2D eigenvalue weighted by Gasteiger charge is 2.28. The number of halogens is 1. The largest absolute Gasteiger partial charge is 0.493 e. The summed E-state index contributed by atoms with van der Waals surface area (Å²) in [6.07, 6.45) is 5.95. The standard InChI is InChI=1S/C27H35FN2O4/c1-19(27(32)29-22-10-5-4-6-11-22)30(18-21-9-7-8-12-23(21)28)26(31)16-14-20-13-15-24(33-2)25(17-20)34-3/h7-9,12-13,15,17,19,22H,4-6,10-11,14,16,18H2,1-3H3,(H,29,32). The third-order valence-electron chi connectivity index (χ3n) is 6.49. The van der Waals surface area contributed by atoms with Crippen LogP contribution in [0.4, 0.5) is 4.39 Å². The van der Waals surface area contributed by atoms with Crippen molar-refractivity contribution in [3.8, 4) is 11.5 Å². The van der Waals surface area contributed by atoms with Gasteiger partial charge in [-0.3, -0.25) is 9.59 Å². The Kier molecular flexibility index (Phi) is 9.31. The summed E-state index contributed by atoms with van der Waals surface area (Å²) in [4.78, 5) is 27.8. The van der Waals surface area contributed by atoms with Gasteiger partial charge in [0.15, 0.2) is 11.5 Å². The summed E-state index contributed by atoms with van der Waals surface area (Å²) in [5.41, 5.74) is 1.30. The second-order valence-corrected chi connectivity index (χ2v) is 8.82. The van der Waals surface area contributed by atoms with E-state index in [1.807, 2.05) is 12.1 Å². The van der Waals surface area contributed by atoms with Crippen LogP contribution in [0.25, 0.3) is 0 Å². The predicted octanol–water partition coefficient (Wildman–Crippen LogP) is 4.64. The van der Waals surface area contributed by atoms with Crippen LogP contribution in [0.3, 0.4) is 0 Å². The molecule has 0 aliphatic heterocycles. The predicted molar refractivity (Wildman–Crippen MR) is 129 cm³/mol. The van der Waals surface area contributed by atoms with Crippen molar-refractivity contribution in [1.29, 1.82) is 0 Å². The summed E-state index contributed by atoms with van der Waals surface area (Å²) in [5, 5.41) is 3.10. The van der Waals surface area contributed by atoms with E-state index in [0.717, 1.165) is 31.2 Å². The van der Waals surface area contributed by atoms with Crippen molar-refractivity contribution in [2.75, 3.05) is 14.2 Å². The fourth-order valence-corrected chi connectivity index (χ4v) is 4.39. The first-order valence-electron chi connectivity index (χ1n) is 12.0. The number of ether oxygens (including phenoxy) is 2. The molecular formula is C27H35FN2O4. The van der Waals surface area contributed by atoms with Gasteiger partial charge in [0.1, 0.15) is 11.9 Å². The number of amides is 2. The first-order valence-corrected chi connectivity index (χ1v) is 12.0. The Morgan fingerprint density at radius 2 is 1.76 bits per heavy atom. The number of hydrogen-bond acceptors (Lipinski definition) is 4. The van der Waals surface area contributed by atoms with Gasteiger partial charge in [0.2, 0.25) is 11.8 Å². The molecule has 0 radical (unpaired) electrons. The molecule has 0 spiro atoms. The number of methoxy groups -OCH3 is 2. The van der Waals surface area contributed by atoms with Crippen molar-refractivity contribution in [2.24, 2.45) is 0 Å². The lowest BCUT2D eigenvalue weighted by atomic mass is 9.95. The minimum absolute atomic E-state index is 0.0384. The normalized spacial score (nSPS) is 14.8. The highest BCUT2D eigenvalue weighted by atomic mass is 19.1. The maximum absolute atomic E-state index is 14.4. The van der Waals surface area contributed by atoms with Crippen LogP contribution in [-0.4, -0.2) is 43.0 Å². The van der Waals surface area contributed by atoms with Crippen molar-refractivity contribution >= 4 is 11.8 Å². The van der Waals surface area contributed by atoms with E-state index >= 15 is 0 Å². The summed E-state index contributed by atoms with van der Waals surface area (Å²) < 4.78 is 25.0. The van der Waals surface area contributed by atoms with Gasteiger partial charge in [0, 0.05) is 24.6 Å². The number of hydrogen-bond donors (Lipinski definition) is 1. The van der Waals surface area contributed by atoms with Crippen LogP contribution >= 0.6 is 0 Å². The van der Waals surface area contributed by atoms with Gasteiger partial charge in [0.25, 0.3) is 0 Å². The number of rotatable bonds is 10. The minimum Gasteiger partial charge on any atom is -0.493 e. The summed E-state index contributed by atoms with van der Waals surface area (Å²) in [6.45, 7) is 1.75. The smallest absolute Gasteiger partial charge is 0.242 e. The monoisotopic (exact) mass is 470 g/mol. The molecule has 0 heterocycles. The Bertz CT molecular complexity index is 975. The van der Waals surface area contributed by atoms with E-state index in [1.165, 1.54) is 17.4 Å². The molecule has 1 aliphatic carbocycles. The topological polar surface area (TPSA) is 67.9 Å². The summed E-state index contributed by atoms with van der Waals surface area (Å²) in [6, 6.07) is 11.3. The highest BCUT2D eigenvalue weighted by molar-refractivity contribution is 5.87. The van der Waals surface area contributed by atoms with Gasteiger partial charge in [-0.15, -0.1) is 0 Å². The van der Waals surface area contributed by atoms with Crippen LogP contribution < -0.4 is 14.8 Å². The lowest BCUT2D eigenvalue weighted by Gasteiger charge is -2.31.